The summed E-state index contributed by atoms with van der Waals surface area (Å²) in [6.45, 7) is 5.49. The van der Waals surface area contributed by atoms with Crippen molar-refractivity contribution >= 4 is 39.3 Å². The van der Waals surface area contributed by atoms with Crippen LogP contribution < -0.4 is 5.73 Å². The van der Waals surface area contributed by atoms with Gasteiger partial charge in [-0.1, -0.05) is 88.1 Å². The summed E-state index contributed by atoms with van der Waals surface area (Å²) >= 11 is 3.52. The lowest BCUT2D eigenvalue weighted by Gasteiger charge is -2.30. The highest BCUT2D eigenvalue weighted by molar-refractivity contribution is 9.10. The highest BCUT2D eigenvalue weighted by atomic mass is 79.9. The van der Waals surface area contributed by atoms with Gasteiger partial charge in [-0.05, 0) is 71.1 Å². The second kappa shape index (κ2) is 16.5. The summed E-state index contributed by atoms with van der Waals surface area (Å²) in [5.41, 5.74) is 10.1. The number of carbonyl (C=O) groups excluding carboxylic acids is 3. The number of rotatable bonds is 13. The Kier molecular flexibility index (Phi) is 12.6. The van der Waals surface area contributed by atoms with Gasteiger partial charge in [0.15, 0.2) is 5.78 Å². The van der Waals surface area contributed by atoms with E-state index in [0.717, 1.165) is 12.1 Å². The predicted molar refractivity (Wildman–Crippen MR) is 177 cm³/mol. The van der Waals surface area contributed by atoms with Crippen LogP contribution in [0.3, 0.4) is 0 Å². The highest BCUT2D eigenvalue weighted by Crippen LogP contribution is 2.30. The normalized spacial score (nSPS) is 14.5. The predicted octanol–water partition coefficient (Wildman–Crippen LogP) is 7.70. The van der Waals surface area contributed by atoms with E-state index in [0.29, 0.717) is 51.4 Å². The van der Waals surface area contributed by atoms with Crippen molar-refractivity contribution in [3.05, 3.63) is 99.0 Å². The molecule has 1 fully saturated rings. The third-order valence-corrected chi connectivity index (χ3v) is 9.07. The summed E-state index contributed by atoms with van der Waals surface area (Å²) in [5, 5.41) is 0. The van der Waals surface area contributed by atoms with Crippen molar-refractivity contribution in [1.29, 1.82) is 0 Å². The molecule has 8 heteroatoms. The summed E-state index contributed by atoms with van der Waals surface area (Å²) in [4.78, 5) is 41.3. The monoisotopic (exact) mass is 662 g/mol. The second-order valence-electron chi connectivity index (χ2n) is 11.3. The lowest BCUT2D eigenvalue weighted by atomic mass is 9.93. The molecule has 0 spiro atoms. The molecule has 0 bridgehead atoms. The summed E-state index contributed by atoms with van der Waals surface area (Å²) in [7, 11) is 0. The summed E-state index contributed by atoms with van der Waals surface area (Å²) < 4.78 is 11.6. The van der Waals surface area contributed by atoms with Crippen LogP contribution in [0.1, 0.15) is 102 Å². The van der Waals surface area contributed by atoms with Gasteiger partial charge < -0.3 is 15.2 Å². The van der Waals surface area contributed by atoms with Crippen molar-refractivity contribution in [2.75, 3.05) is 25.5 Å². The Balaban J connectivity index is 1.33. The smallest absolute Gasteiger partial charge is 0.338 e. The Morgan fingerprint density at radius 1 is 0.864 bits per heavy atom. The molecule has 3 aromatic carbocycles. The van der Waals surface area contributed by atoms with E-state index in [9.17, 15) is 14.4 Å². The maximum atomic E-state index is 13.0. The average molecular weight is 664 g/mol. The van der Waals surface area contributed by atoms with E-state index in [1.165, 1.54) is 38.5 Å². The Labute approximate surface area is 269 Å². The minimum Gasteiger partial charge on any atom is -0.462 e. The largest absolute Gasteiger partial charge is 0.462 e. The van der Waals surface area contributed by atoms with Gasteiger partial charge in [0.2, 0.25) is 0 Å². The van der Waals surface area contributed by atoms with Gasteiger partial charge in [0.1, 0.15) is 13.2 Å². The first-order valence-electron chi connectivity index (χ1n) is 15.7. The molecule has 44 heavy (non-hydrogen) atoms. The number of benzene rings is 3. The van der Waals surface area contributed by atoms with Crippen molar-refractivity contribution in [1.82, 2.24) is 4.90 Å². The van der Waals surface area contributed by atoms with Gasteiger partial charge in [-0.25, -0.2) is 4.79 Å². The van der Waals surface area contributed by atoms with Crippen LogP contribution in [0.4, 0.5) is 5.69 Å². The van der Waals surface area contributed by atoms with Crippen molar-refractivity contribution in [3.63, 3.8) is 0 Å². The molecule has 1 aliphatic rings. The number of nitrogen functional groups attached to an aromatic ring is 1. The number of halogens is 1. The molecule has 1 saturated carbocycles. The number of nitrogens with two attached hydrogens (primary N) is 1. The number of esters is 2. The van der Waals surface area contributed by atoms with Crippen molar-refractivity contribution in [2.24, 2.45) is 0 Å². The Hall–Kier alpha value is -3.49. The fourth-order valence-electron chi connectivity index (χ4n) is 5.92. The molecule has 1 unspecified atom stereocenters. The molecule has 7 nitrogen and oxygen atoms in total. The summed E-state index contributed by atoms with van der Waals surface area (Å²) in [5.74, 6) is -1.57. The van der Waals surface area contributed by atoms with Gasteiger partial charge in [0.05, 0.1) is 17.2 Å². The zero-order chi connectivity index (χ0) is 31.5. The van der Waals surface area contributed by atoms with Gasteiger partial charge in [0.25, 0.3) is 0 Å². The number of ether oxygens (including phenoxy) is 2. The lowest BCUT2D eigenvalue weighted by Crippen LogP contribution is -2.34. The topological polar surface area (TPSA) is 98.9 Å². The van der Waals surface area contributed by atoms with E-state index in [-0.39, 0.29) is 19.0 Å². The zero-order valence-corrected chi connectivity index (χ0v) is 27.3. The van der Waals surface area contributed by atoms with Crippen LogP contribution in [0.5, 0.6) is 0 Å². The van der Waals surface area contributed by atoms with Crippen LogP contribution in [0.15, 0.2) is 71.2 Å². The van der Waals surface area contributed by atoms with E-state index in [4.69, 9.17) is 15.2 Å². The van der Waals surface area contributed by atoms with E-state index in [1.54, 1.807) is 36.4 Å². The third kappa shape index (κ3) is 8.79. The van der Waals surface area contributed by atoms with Crippen LogP contribution in [-0.2, 0) is 20.8 Å². The standard InChI is InChI=1S/C36H43BrN2O5/c1-3-31(26-15-12-16-27(21-26)34(40)25-13-8-7-9-14-25)36(42)44-20-19-43-35(41)28-22-29(33(38)32(37)23-28)24-39(4-2)30-17-10-5-6-11-18-30/h7-9,12-16,21-23,30-31H,3-6,10-11,17-20,24,38H2,1-2H3. The van der Waals surface area contributed by atoms with Gasteiger partial charge in [0, 0.05) is 28.2 Å². The number of anilines is 1. The van der Waals surface area contributed by atoms with Crippen molar-refractivity contribution in [3.8, 4) is 0 Å². The Bertz CT molecular complexity index is 1420. The lowest BCUT2D eigenvalue weighted by molar-refractivity contribution is -0.146. The van der Waals surface area contributed by atoms with E-state index in [1.807, 2.05) is 37.3 Å². The van der Waals surface area contributed by atoms with E-state index >= 15 is 0 Å². The van der Waals surface area contributed by atoms with Crippen LogP contribution in [0.25, 0.3) is 0 Å². The SMILES string of the molecule is CCC(C(=O)OCCOC(=O)c1cc(Br)c(N)c(CN(CC)C2CCCCCC2)c1)c1cccc(C(=O)c2ccccc2)c1. The summed E-state index contributed by atoms with van der Waals surface area (Å²) in [6, 6.07) is 20.1. The molecule has 4 rings (SSSR count). The fraction of sp³-hybridized carbons (Fsp3) is 0.417. The van der Waals surface area contributed by atoms with Crippen molar-refractivity contribution < 1.29 is 23.9 Å². The minimum absolute atomic E-state index is 0.0714. The first-order valence-corrected chi connectivity index (χ1v) is 16.5. The van der Waals surface area contributed by atoms with Crippen LogP contribution in [0, 0.1) is 0 Å². The van der Waals surface area contributed by atoms with Gasteiger partial charge in [-0.2, -0.15) is 0 Å². The van der Waals surface area contributed by atoms with Crippen LogP contribution >= 0.6 is 15.9 Å². The highest BCUT2D eigenvalue weighted by Gasteiger charge is 2.23. The number of hydrogen-bond donors (Lipinski definition) is 1. The Morgan fingerprint density at radius 2 is 1.55 bits per heavy atom. The maximum absolute atomic E-state index is 13.0. The average Bonchev–Trinajstić information content (AvgIpc) is 3.34. The molecular formula is C36H43BrN2O5. The molecular weight excluding hydrogens is 620 g/mol. The number of carbonyl (C=O) groups is 3. The molecule has 0 saturated heterocycles. The molecule has 1 aliphatic carbocycles. The zero-order valence-electron chi connectivity index (χ0n) is 25.7. The molecule has 0 heterocycles. The van der Waals surface area contributed by atoms with Gasteiger partial charge >= 0.3 is 11.9 Å². The molecule has 0 aromatic heterocycles. The first-order chi connectivity index (χ1) is 21.3. The van der Waals surface area contributed by atoms with Gasteiger partial charge in [-0.15, -0.1) is 0 Å². The quantitative estimate of drug-likeness (QED) is 0.0658. The van der Waals surface area contributed by atoms with Crippen molar-refractivity contribution in [2.45, 2.75) is 77.3 Å². The molecule has 0 aliphatic heterocycles. The fourth-order valence-corrected chi connectivity index (χ4v) is 6.42. The number of hydrogen-bond acceptors (Lipinski definition) is 7. The summed E-state index contributed by atoms with van der Waals surface area (Å²) in [6.07, 6.45) is 7.95. The molecule has 0 radical (unpaired) electrons. The van der Waals surface area contributed by atoms with Crippen LogP contribution in [0.2, 0.25) is 0 Å². The molecule has 1 atom stereocenters. The molecule has 234 valence electrons. The molecule has 2 N–H and O–H groups in total. The maximum Gasteiger partial charge on any atom is 0.338 e. The number of ketones is 1. The third-order valence-electron chi connectivity index (χ3n) is 8.41. The molecule has 3 aromatic rings. The minimum atomic E-state index is -0.542. The van der Waals surface area contributed by atoms with E-state index < -0.39 is 17.9 Å². The second-order valence-corrected chi connectivity index (χ2v) is 12.2. The molecule has 0 amide bonds. The van der Waals surface area contributed by atoms with Crippen LogP contribution in [-0.4, -0.2) is 48.4 Å². The first kappa shape index (κ1) is 33.4. The number of nitrogens with zero attached hydrogens (tertiary/aromatic N) is 1. The van der Waals surface area contributed by atoms with Gasteiger partial charge in [-0.3, -0.25) is 14.5 Å². The Morgan fingerprint density at radius 3 is 2.23 bits per heavy atom. The van der Waals surface area contributed by atoms with E-state index in [2.05, 4.69) is 27.8 Å².